The number of carbonyl (C=O) groups excluding carboxylic acids is 1. The van der Waals surface area contributed by atoms with Crippen molar-refractivity contribution >= 4 is 18.3 Å². The molecule has 2 N–H and O–H groups in total. The maximum atomic E-state index is 12.2. The second-order valence-corrected chi connectivity index (χ2v) is 4.57. The molecule has 0 unspecified atom stereocenters. The Kier molecular flexibility index (Phi) is 8.56. The maximum Gasteiger partial charge on any atom is 0.228 e. The molecule has 0 aliphatic carbocycles. The third-order valence-electron chi connectivity index (χ3n) is 3.28. The van der Waals surface area contributed by atoms with Crippen LogP contribution in [0.3, 0.4) is 0 Å². The van der Waals surface area contributed by atoms with E-state index in [2.05, 4.69) is 17.6 Å². The van der Waals surface area contributed by atoms with E-state index < -0.39 is 0 Å². The average molecular weight is 265 g/mol. The molecule has 1 fully saturated rings. The van der Waals surface area contributed by atoms with Crippen LogP contribution in [0.2, 0.25) is 0 Å². The summed E-state index contributed by atoms with van der Waals surface area (Å²) in [5, 5.41) is 6.32. The number of methoxy groups -OCH3 is 1. The lowest BCUT2D eigenvalue weighted by molar-refractivity contribution is -0.136. The van der Waals surface area contributed by atoms with Gasteiger partial charge in [0.25, 0.3) is 0 Å². The van der Waals surface area contributed by atoms with Crippen LogP contribution in [0.15, 0.2) is 0 Å². The first-order chi connectivity index (χ1) is 7.75. The second-order valence-electron chi connectivity index (χ2n) is 4.57. The summed E-state index contributed by atoms with van der Waals surface area (Å²) in [5.41, 5.74) is -0.298. The fourth-order valence-corrected chi connectivity index (χ4v) is 2.18. The molecule has 0 aromatic carbocycles. The summed E-state index contributed by atoms with van der Waals surface area (Å²) in [7, 11) is 1.67. The van der Waals surface area contributed by atoms with Crippen LogP contribution in [0.25, 0.3) is 0 Å². The summed E-state index contributed by atoms with van der Waals surface area (Å²) < 4.78 is 5.22. The van der Waals surface area contributed by atoms with Gasteiger partial charge in [-0.1, -0.05) is 13.3 Å². The zero-order chi connectivity index (χ0) is 11.9. The molecular weight excluding hydrogens is 240 g/mol. The fraction of sp³-hybridized carbons (Fsp3) is 0.917. The van der Waals surface area contributed by atoms with Crippen LogP contribution in [0.4, 0.5) is 0 Å². The second kappa shape index (κ2) is 8.72. The summed E-state index contributed by atoms with van der Waals surface area (Å²) in [6.07, 6.45) is 3.91. The van der Waals surface area contributed by atoms with Gasteiger partial charge >= 0.3 is 0 Å². The lowest BCUT2D eigenvalue weighted by Gasteiger charge is -2.35. The van der Waals surface area contributed by atoms with E-state index in [9.17, 15) is 4.79 Å². The van der Waals surface area contributed by atoms with Gasteiger partial charge in [-0.3, -0.25) is 4.79 Å². The molecule has 1 saturated heterocycles. The Morgan fingerprint density at radius 3 is 2.59 bits per heavy atom. The van der Waals surface area contributed by atoms with E-state index in [1.807, 2.05) is 0 Å². The van der Waals surface area contributed by atoms with Gasteiger partial charge in [-0.2, -0.15) is 0 Å². The molecular formula is C12H25ClN2O2. The lowest BCUT2D eigenvalue weighted by atomic mass is 9.78. The van der Waals surface area contributed by atoms with Gasteiger partial charge in [-0.15, -0.1) is 12.4 Å². The quantitative estimate of drug-likeness (QED) is 0.712. The summed E-state index contributed by atoms with van der Waals surface area (Å²) >= 11 is 0. The minimum atomic E-state index is -0.298. The molecule has 17 heavy (non-hydrogen) atoms. The molecule has 0 radical (unpaired) electrons. The van der Waals surface area contributed by atoms with Crippen molar-refractivity contribution in [1.82, 2.24) is 10.6 Å². The van der Waals surface area contributed by atoms with Gasteiger partial charge in [-0.05, 0) is 32.4 Å². The fourth-order valence-electron chi connectivity index (χ4n) is 2.18. The van der Waals surface area contributed by atoms with Crippen LogP contribution in [0.1, 0.15) is 32.6 Å². The summed E-state index contributed by atoms with van der Waals surface area (Å²) in [6, 6.07) is 0. The summed E-state index contributed by atoms with van der Waals surface area (Å²) in [4.78, 5) is 12.2. The number of halogens is 1. The minimum Gasteiger partial charge on any atom is -0.384 e. The zero-order valence-corrected chi connectivity index (χ0v) is 11.7. The Morgan fingerprint density at radius 1 is 1.41 bits per heavy atom. The number of ether oxygens (including phenoxy) is 1. The molecule has 1 aliphatic heterocycles. The van der Waals surface area contributed by atoms with Gasteiger partial charge in [0.2, 0.25) is 5.91 Å². The predicted octanol–water partition coefficient (Wildman–Crippen LogP) is 1.34. The molecule has 5 heteroatoms. The van der Waals surface area contributed by atoms with Gasteiger partial charge in [0.15, 0.2) is 0 Å². The molecule has 0 bridgehead atoms. The number of amides is 1. The van der Waals surface area contributed by atoms with Crippen molar-refractivity contribution in [3.63, 3.8) is 0 Å². The summed E-state index contributed by atoms with van der Waals surface area (Å²) in [5.74, 6) is 0.171. The predicted molar refractivity (Wildman–Crippen MR) is 71.6 cm³/mol. The average Bonchev–Trinajstić information content (AvgIpc) is 2.31. The Balaban J connectivity index is 0.00000256. The van der Waals surface area contributed by atoms with Gasteiger partial charge in [0.05, 0.1) is 12.0 Å². The van der Waals surface area contributed by atoms with Crippen molar-refractivity contribution in [3.8, 4) is 0 Å². The van der Waals surface area contributed by atoms with E-state index in [1.165, 1.54) is 0 Å². The van der Waals surface area contributed by atoms with Gasteiger partial charge in [-0.25, -0.2) is 0 Å². The molecule has 0 atom stereocenters. The van der Waals surface area contributed by atoms with Crippen molar-refractivity contribution in [2.24, 2.45) is 5.41 Å². The highest BCUT2D eigenvalue weighted by atomic mass is 35.5. The highest BCUT2D eigenvalue weighted by molar-refractivity contribution is 5.85. The first-order valence-corrected chi connectivity index (χ1v) is 6.23. The Hall–Kier alpha value is -0.320. The monoisotopic (exact) mass is 264 g/mol. The van der Waals surface area contributed by atoms with Gasteiger partial charge in [0.1, 0.15) is 0 Å². The molecule has 102 valence electrons. The number of rotatable bonds is 6. The normalized spacial score (nSPS) is 18.2. The highest BCUT2D eigenvalue weighted by Gasteiger charge is 2.39. The zero-order valence-electron chi connectivity index (χ0n) is 10.9. The van der Waals surface area contributed by atoms with Crippen molar-refractivity contribution in [2.45, 2.75) is 32.6 Å². The standard InChI is InChI=1S/C12H24N2O2.ClH/c1-3-4-7-14-11(15)12(10-16-2)5-8-13-9-6-12;/h13H,3-10H2,1-2H3,(H,14,15);1H. The molecule has 0 aromatic heterocycles. The smallest absolute Gasteiger partial charge is 0.228 e. The van der Waals surface area contributed by atoms with Crippen LogP contribution >= 0.6 is 12.4 Å². The number of hydrogen-bond donors (Lipinski definition) is 2. The third-order valence-corrected chi connectivity index (χ3v) is 3.28. The summed E-state index contributed by atoms with van der Waals surface area (Å²) in [6.45, 7) is 5.26. The van der Waals surface area contributed by atoms with Crippen molar-refractivity contribution in [1.29, 1.82) is 0 Å². The number of piperidine rings is 1. The van der Waals surface area contributed by atoms with E-state index in [0.717, 1.165) is 45.3 Å². The number of carbonyl (C=O) groups is 1. The van der Waals surface area contributed by atoms with Crippen LogP contribution in [0.5, 0.6) is 0 Å². The van der Waals surface area contributed by atoms with Crippen LogP contribution < -0.4 is 10.6 Å². The first kappa shape index (κ1) is 16.7. The molecule has 4 nitrogen and oxygen atoms in total. The number of hydrogen-bond acceptors (Lipinski definition) is 3. The molecule has 0 aromatic rings. The largest absolute Gasteiger partial charge is 0.384 e. The van der Waals surface area contributed by atoms with Crippen molar-refractivity contribution < 1.29 is 9.53 Å². The number of nitrogens with one attached hydrogen (secondary N) is 2. The van der Waals surface area contributed by atoms with Crippen LogP contribution in [-0.4, -0.2) is 39.3 Å². The van der Waals surface area contributed by atoms with E-state index in [4.69, 9.17) is 4.74 Å². The van der Waals surface area contributed by atoms with Gasteiger partial charge < -0.3 is 15.4 Å². The Morgan fingerprint density at radius 2 is 2.06 bits per heavy atom. The first-order valence-electron chi connectivity index (χ1n) is 6.23. The lowest BCUT2D eigenvalue weighted by Crippen LogP contribution is -2.50. The van der Waals surface area contributed by atoms with E-state index in [1.54, 1.807) is 7.11 Å². The van der Waals surface area contributed by atoms with E-state index >= 15 is 0 Å². The molecule has 0 spiro atoms. The molecule has 0 saturated carbocycles. The molecule has 1 aliphatic rings. The maximum absolute atomic E-state index is 12.2. The number of unbranched alkanes of at least 4 members (excludes halogenated alkanes) is 1. The molecule has 1 amide bonds. The van der Waals surface area contributed by atoms with Gasteiger partial charge in [0, 0.05) is 13.7 Å². The topological polar surface area (TPSA) is 50.4 Å². The van der Waals surface area contributed by atoms with Crippen molar-refractivity contribution in [2.75, 3.05) is 33.4 Å². The Labute approximate surface area is 110 Å². The highest BCUT2D eigenvalue weighted by Crippen LogP contribution is 2.29. The Bertz CT molecular complexity index is 213. The SMILES string of the molecule is CCCCNC(=O)C1(COC)CCNCC1.Cl. The van der Waals surface area contributed by atoms with Crippen LogP contribution in [-0.2, 0) is 9.53 Å². The molecule has 1 rings (SSSR count). The van der Waals surface area contributed by atoms with Crippen LogP contribution in [0, 0.1) is 5.41 Å². The van der Waals surface area contributed by atoms with E-state index in [-0.39, 0.29) is 23.7 Å². The van der Waals surface area contributed by atoms with Crippen molar-refractivity contribution in [3.05, 3.63) is 0 Å². The molecule has 1 heterocycles. The van der Waals surface area contributed by atoms with E-state index in [0.29, 0.717) is 6.61 Å². The third kappa shape index (κ3) is 4.82. The minimum absolute atomic E-state index is 0.